The number of pyridine rings is 2. The zero-order valence-electron chi connectivity index (χ0n) is 40.0. The van der Waals surface area contributed by atoms with Gasteiger partial charge in [0.05, 0.1) is 70.3 Å². The normalized spacial score (nSPS) is 13.6. The molecule has 0 unspecified atom stereocenters. The number of rotatable bonds is 15. The van der Waals surface area contributed by atoms with E-state index < -0.39 is 0 Å². The molecule has 0 aliphatic carbocycles. The Labute approximate surface area is 411 Å². The number of aryl methyl sites for hydroxylation is 2. The van der Waals surface area contributed by atoms with Crippen molar-refractivity contribution in [1.29, 1.82) is 0 Å². The Bertz CT molecular complexity index is 3210. The van der Waals surface area contributed by atoms with Crippen molar-refractivity contribution in [2.75, 3.05) is 66.1 Å². The van der Waals surface area contributed by atoms with Crippen LogP contribution in [0.4, 0.5) is 17.2 Å². The molecule has 71 heavy (non-hydrogen) atoms. The fourth-order valence-corrected chi connectivity index (χ4v) is 8.43. The van der Waals surface area contributed by atoms with Crippen molar-refractivity contribution in [1.82, 2.24) is 58.8 Å². The molecule has 2 fully saturated rings. The molecule has 6 aromatic heterocycles. The molecule has 0 bridgehead atoms. The summed E-state index contributed by atoms with van der Waals surface area (Å²) in [5.41, 5.74) is 8.04. The molecule has 8 heterocycles. The number of amides is 2. The second-order valence-electron chi connectivity index (χ2n) is 16.8. The molecule has 2 amide bonds. The average Bonchev–Trinajstić information content (AvgIpc) is 4.22. The van der Waals surface area contributed by atoms with Crippen LogP contribution in [0.2, 0.25) is 0 Å². The largest absolute Gasteiger partial charge is 0.497 e. The summed E-state index contributed by atoms with van der Waals surface area (Å²) in [5, 5.41) is 8.48. The van der Waals surface area contributed by atoms with E-state index in [2.05, 4.69) is 25.1 Å². The Balaban J connectivity index is 0.000000188. The lowest BCUT2D eigenvalue weighted by molar-refractivity contribution is -0.128. The topological polar surface area (TPSA) is 198 Å². The fourth-order valence-electron chi connectivity index (χ4n) is 8.43. The summed E-state index contributed by atoms with van der Waals surface area (Å²) in [7, 11) is 10.2. The van der Waals surface area contributed by atoms with Gasteiger partial charge in [-0.15, -0.1) is 0 Å². The summed E-state index contributed by atoms with van der Waals surface area (Å²) < 4.78 is 27.3. The van der Waals surface area contributed by atoms with Crippen LogP contribution >= 0.6 is 0 Å². The van der Waals surface area contributed by atoms with Crippen molar-refractivity contribution in [2.45, 2.75) is 39.7 Å². The summed E-state index contributed by atoms with van der Waals surface area (Å²) in [6.07, 6.45) is 13.8. The predicted molar refractivity (Wildman–Crippen MR) is 269 cm³/mol. The van der Waals surface area contributed by atoms with Crippen LogP contribution in [-0.2, 0) is 30.2 Å². The van der Waals surface area contributed by atoms with E-state index in [1.807, 2.05) is 95.5 Å². The van der Waals surface area contributed by atoms with Crippen molar-refractivity contribution in [3.63, 3.8) is 0 Å². The molecule has 0 saturated carbocycles. The van der Waals surface area contributed by atoms with Crippen LogP contribution < -0.4 is 29.3 Å². The van der Waals surface area contributed by atoms with Gasteiger partial charge in [0.1, 0.15) is 45.3 Å². The third-order valence-corrected chi connectivity index (χ3v) is 12.1. The van der Waals surface area contributed by atoms with E-state index in [1.54, 1.807) is 68.7 Å². The molecule has 2 aliphatic heterocycles. The number of hydrogen-bond acceptors (Lipinski definition) is 15. The van der Waals surface area contributed by atoms with Gasteiger partial charge in [-0.3, -0.25) is 28.9 Å². The minimum atomic E-state index is 0. The smallest absolute Gasteiger partial charge is 0.222 e. The monoisotopic (exact) mass is 962 g/mol. The summed E-state index contributed by atoms with van der Waals surface area (Å²) in [6.45, 7) is 3.80. The first kappa shape index (κ1) is 49.0. The van der Waals surface area contributed by atoms with E-state index in [-0.39, 0.29) is 19.2 Å². The number of aromatic nitrogens is 10. The Morgan fingerprint density at radius 3 is 1.72 bits per heavy atom. The standard InChI is InChI=1S/2C25H27N7O3.CH4/c1-30-16-17(14-27-30)22-15-26-21-6-7-23(29-25(21)28-22)32(10-9-31-8-4-5-24(31)33)18-11-19(34-2)13-20(12-18)35-3;1-30-16-17(14-27-30)22-15-26-21-6-7-23(28-18-11-19(34-2)13-20(12-18)35-3)32(25(21)29-22)10-9-31-8-4-5-24(31)33;/h2*6-7,11-16H,4-5,8-10H2,1-3H3;1H4. The predicted octanol–water partition coefficient (Wildman–Crippen LogP) is 6.54. The number of fused-ring (bicyclic) bond motifs is 2. The first-order valence-corrected chi connectivity index (χ1v) is 22.9. The maximum Gasteiger partial charge on any atom is 0.222 e. The maximum absolute atomic E-state index is 12.2. The van der Waals surface area contributed by atoms with Crippen LogP contribution in [0.15, 0.2) is 103 Å². The number of ether oxygens (including phenoxy) is 4. The van der Waals surface area contributed by atoms with Gasteiger partial charge in [0.25, 0.3) is 0 Å². The van der Waals surface area contributed by atoms with Gasteiger partial charge in [0.2, 0.25) is 11.8 Å². The molecule has 20 nitrogen and oxygen atoms in total. The minimum Gasteiger partial charge on any atom is -0.497 e. The van der Waals surface area contributed by atoms with Crippen LogP contribution in [0.25, 0.3) is 44.8 Å². The maximum atomic E-state index is 12.2. The second kappa shape index (κ2) is 21.9. The Morgan fingerprint density at radius 2 is 1.17 bits per heavy atom. The number of benzene rings is 2. The lowest BCUT2D eigenvalue weighted by Crippen LogP contribution is -2.34. The SMILES string of the molecule is C.COc1cc(N=c2ccc3ncc(-c4cnn(C)c4)nc3n2CCN2CCCC2=O)cc(OC)c1.COc1cc(OC)cc(N(CCN2CCCC2=O)c2ccc3ncc(-c4cnn(C)c4)nc3n2)c1. The van der Waals surface area contributed by atoms with Gasteiger partial charge in [-0.05, 0) is 37.1 Å². The van der Waals surface area contributed by atoms with E-state index >= 15 is 0 Å². The lowest BCUT2D eigenvalue weighted by atomic mass is 10.2. The van der Waals surface area contributed by atoms with Crippen molar-refractivity contribution < 1.29 is 28.5 Å². The molecule has 0 spiro atoms. The zero-order chi connectivity index (χ0) is 48.7. The van der Waals surface area contributed by atoms with Crippen LogP contribution in [0.1, 0.15) is 33.1 Å². The van der Waals surface area contributed by atoms with Crippen molar-refractivity contribution in [2.24, 2.45) is 19.1 Å². The molecular weight excluding hydrogens is 905 g/mol. The lowest BCUT2D eigenvalue weighted by Gasteiger charge is -2.27. The van der Waals surface area contributed by atoms with Gasteiger partial charge in [-0.2, -0.15) is 10.2 Å². The number of hydrogen-bond donors (Lipinski definition) is 0. The van der Waals surface area contributed by atoms with E-state index in [0.717, 1.165) is 54.0 Å². The van der Waals surface area contributed by atoms with Gasteiger partial charge < -0.3 is 38.2 Å². The number of anilines is 2. The summed E-state index contributed by atoms with van der Waals surface area (Å²) in [5.74, 6) is 3.70. The first-order chi connectivity index (χ1) is 34.1. The van der Waals surface area contributed by atoms with Crippen molar-refractivity contribution >= 4 is 51.3 Å². The van der Waals surface area contributed by atoms with Gasteiger partial charge in [-0.1, -0.05) is 7.43 Å². The van der Waals surface area contributed by atoms with Crippen molar-refractivity contribution in [3.8, 4) is 45.5 Å². The summed E-state index contributed by atoms with van der Waals surface area (Å²) in [4.78, 5) is 58.9. The Hall–Kier alpha value is -8.42. The molecule has 20 heteroatoms. The third-order valence-electron chi connectivity index (χ3n) is 12.1. The number of carbonyl (C=O) groups excluding carboxylic acids is 2. The highest BCUT2D eigenvalue weighted by Gasteiger charge is 2.23. The third kappa shape index (κ3) is 11.2. The molecule has 368 valence electrons. The Morgan fingerprint density at radius 1 is 0.620 bits per heavy atom. The zero-order valence-corrected chi connectivity index (χ0v) is 40.0. The number of carbonyl (C=O) groups is 2. The molecule has 2 saturated heterocycles. The minimum absolute atomic E-state index is 0. The van der Waals surface area contributed by atoms with Crippen LogP contribution in [0.5, 0.6) is 23.0 Å². The second-order valence-corrected chi connectivity index (χ2v) is 16.8. The highest BCUT2D eigenvalue weighted by atomic mass is 16.5. The van der Waals surface area contributed by atoms with Crippen LogP contribution in [0.3, 0.4) is 0 Å². The van der Waals surface area contributed by atoms with E-state index in [0.29, 0.717) is 102 Å². The number of nitrogens with zero attached hydrogens (tertiary/aromatic N) is 14. The molecule has 10 rings (SSSR count). The molecule has 2 aliphatic rings. The first-order valence-electron chi connectivity index (χ1n) is 22.9. The molecule has 0 radical (unpaired) electrons. The summed E-state index contributed by atoms with van der Waals surface area (Å²) >= 11 is 0. The summed E-state index contributed by atoms with van der Waals surface area (Å²) in [6, 6.07) is 18.8. The van der Waals surface area contributed by atoms with Gasteiger partial charge in [0.15, 0.2) is 11.3 Å². The average molecular weight is 963 g/mol. The van der Waals surface area contributed by atoms with Crippen LogP contribution in [-0.4, -0.2) is 132 Å². The molecular formula is C51H58N14O6. The van der Waals surface area contributed by atoms with Crippen molar-refractivity contribution in [3.05, 3.63) is 103 Å². The van der Waals surface area contributed by atoms with Crippen LogP contribution in [0, 0.1) is 0 Å². The van der Waals surface area contributed by atoms with Gasteiger partial charge in [0, 0.05) is 132 Å². The van der Waals surface area contributed by atoms with E-state index in [1.165, 1.54) is 0 Å². The highest BCUT2D eigenvalue weighted by Crippen LogP contribution is 2.33. The highest BCUT2D eigenvalue weighted by molar-refractivity contribution is 5.80. The van der Waals surface area contributed by atoms with E-state index in [9.17, 15) is 9.59 Å². The quantitative estimate of drug-likeness (QED) is 0.107. The molecule has 0 atom stereocenters. The number of likely N-dealkylation sites (tertiary alicyclic amines) is 2. The number of methoxy groups -OCH3 is 4. The van der Waals surface area contributed by atoms with E-state index in [4.69, 9.17) is 38.9 Å². The fraction of sp³-hybridized carbons (Fsp3) is 0.333. The molecule has 0 N–H and O–H groups in total. The van der Waals surface area contributed by atoms with Gasteiger partial charge in [-0.25, -0.2) is 19.9 Å². The molecule has 8 aromatic rings. The molecule has 2 aromatic carbocycles. The van der Waals surface area contributed by atoms with Gasteiger partial charge >= 0.3 is 0 Å². The Kier molecular flexibility index (Phi) is 15.1.